The van der Waals surface area contributed by atoms with E-state index in [-0.39, 0.29) is 0 Å². The van der Waals surface area contributed by atoms with E-state index in [1.807, 2.05) is 11.8 Å². The average Bonchev–Trinajstić information content (AvgIpc) is 2.32. The Balaban J connectivity index is 2.46. The van der Waals surface area contributed by atoms with Gasteiger partial charge in [-0.2, -0.15) is 0 Å². The van der Waals surface area contributed by atoms with E-state index in [0.717, 1.165) is 25.4 Å². The quantitative estimate of drug-likeness (QED) is 0.575. The molecule has 0 bridgehead atoms. The van der Waals surface area contributed by atoms with Gasteiger partial charge in [0.15, 0.2) is 0 Å². The van der Waals surface area contributed by atoms with Gasteiger partial charge in [-0.3, -0.25) is 0 Å². The fourth-order valence-corrected chi connectivity index (χ4v) is 2.60. The van der Waals surface area contributed by atoms with Crippen LogP contribution < -0.4 is 5.32 Å². The maximum absolute atomic E-state index is 5.06. The number of hydrogen-bond acceptors (Lipinski definition) is 3. The SMILES string of the molecule is COCCSc1ccc(CNCC(C)C)c(C)c1. The van der Waals surface area contributed by atoms with Gasteiger partial charge in [-0.25, -0.2) is 0 Å². The molecule has 0 aliphatic heterocycles. The molecule has 1 aromatic carbocycles. The molecule has 0 heterocycles. The fourth-order valence-electron chi connectivity index (χ4n) is 1.69. The minimum Gasteiger partial charge on any atom is -0.384 e. The van der Waals surface area contributed by atoms with Crippen LogP contribution in [0, 0.1) is 12.8 Å². The van der Waals surface area contributed by atoms with Crippen LogP contribution in [0.15, 0.2) is 23.1 Å². The maximum atomic E-state index is 5.06. The molecule has 0 saturated heterocycles. The third-order valence-corrected chi connectivity index (χ3v) is 3.70. The van der Waals surface area contributed by atoms with Crippen molar-refractivity contribution in [3.8, 4) is 0 Å². The van der Waals surface area contributed by atoms with Crippen LogP contribution in [0.4, 0.5) is 0 Å². The zero-order valence-corrected chi connectivity index (χ0v) is 12.8. The summed E-state index contributed by atoms with van der Waals surface area (Å²) in [5.41, 5.74) is 2.76. The fraction of sp³-hybridized carbons (Fsp3) is 0.600. The van der Waals surface area contributed by atoms with Crippen molar-refractivity contribution in [3.05, 3.63) is 29.3 Å². The number of nitrogens with one attached hydrogen (secondary N) is 1. The van der Waals surface area contributed by atoms with Crippen LogP contribution >= 0.6 is 11.8 Å². The van der Waals surface area contributed by atoms with Crippen molar-refractivity contribution in [2.45, 2.75) is 32.2 Å². The molecule has 0 aliphatic carbocycles. The minimum absolute atomic E-state index is 0.703. The molecular weight excluding hydrogens is 242 g/mol. The lowest BCUT2D eigenvalue weighted by molar-refractivity contribution is 0.218. The number of benzene rings is 1. The molecule has 0 aliphatic rings. The highest BCUT2D eigenvalue weighted by Crippen LogP contribution is 2.21. The van der Waals surface area contributed by atoms with Crippen LogP contribution in [-0.2, 0) is 11.3 Å². The lowest BCUT2D eigenvalue weighted by Crippen LogP contribution is -2.19. The Morgan fingerprint density at radius 1 is 1.33 bits per heavy atom. The van der Waals surface area contributed by atoms with Crippen LogP contribution in [0.5, 0.6) is 0 Å². The summed E-state index contributed by atoms with van der Waals surface area (Å²) in [5.74, 6) is 1.72. The number of rotatable bonds is 8. The summed E-state index contributed by atoms with van der Waals surface area (Å²) in [4.78, 5) is 1.33. The highest BCUT2D eigenvalue weighted by atomic mass is 32.2. The predicted molar refractivity (Wildman–Crippen MR) is 80.3 cm³/mol. The molecule has 102 valence electrons. The maximum Gasteiger partial charge on any atom is 0.0556 e. The second kappa shape index (κ2) is 8.57. The van der Waals surface area contributed by atoms with E-state index < -0.39 is 0 Å². The van der Waals surface area contributed by atoms with Gasteiger partial charge in [-0.1, -0.05) is 19.9 Å². The third-order valence-electron chi connectivity index (χ3n) is 2.74. The molecule has 0 atom stereocenters. The summed E-state index contributed by atoms with van der Waals surface area (Å²) in [7, 11) is 1.75. The van der Waals surface area contributed by atoms with Gasteiger partial charge in [0, 0.05) is 24.3 Å². The Kier molecular flexibility index (Phi) is 7.40. The first-order valence-electron chi connectivity index (χ1n) is 6.55. The number of methoxy groups -OCH3 is 1. The average molecular weight is 267 g/mol. The van der Waals surface area contributed by atoms with Gasteiger partial charge in [0.25, 0.3) is 0 Å². The molecule has 0 amide bonds. The number of thioether (sulfide) groups is 1. The standard InChI is InChI=1S/C15H25NOS/c1-12(2)10-16-11-14-5-6-15(9-13(14)3)18-8-7-17-4/h5-6,9,12,16H,7-8,10-11H2,1-4H3. The summed E-state index contributed by atoms with van der Waals surface area (Å²) in [6.45, 7) is 9.50. The summed E-state index contributed by atoms with van der Waals surface area (Å²) < 4.78 is 5.06. The van der Waals surface area contributed by atoms with Crippen LogP contribution in [0.1, 0.15) is 25.0 Å². The van der Waals surface area contributed by atoms with E-state index >= 15 is 0 Å². The van der Waals surface area contributed by atoms with Crippen molar-refractivity contribution >= 4 is 11.8 Å². The van der Waals surface area contributed by atoms with Crippen LogP contribution in [0.25, 0.3) is 0 Å². The van der Waals surface area contributed by atoms with Crippen LogP contribution in [-0.4, -0.2) is 26.0 Å². The Labute approximate surface area is 116 Å². The van der Waals surface area contributed by atoms with Crippen molar-refractivity contribution in [1.29, 1.82) is 0 Å². The minimum atomic E-state index is 0.703. The number of ether oxygens (including phenoxy) is 1. The first-order chi connectivity index (χ1) is 8.63. The molecule has 18 heavy (non-hydrogen) atoms. The molecule has 0 fully saturated rings. The largest absolute Gasteiger partial charge is 0.384 e. The third kappa shape index (κ3) is 5.89. The van der Waals surface area contributed by atoms with E-state index in [0.29, 0.717) is 5.92 Å². The Hall–Kier alpha value is -0.510. The van der Waals surface area contributed by atoms with Gasteiger partial charge in [-0.05, 0) is 42.6 Å². The van der Waals surface area contributed by atoms with Gasteiger partial charge in [0.05, 0.1) is 6.61 Å². The van der Waals surface area contributed by atoms with E-state index in [2.05, 4.69) is 44.3 Å². The number of hydrogen-bond donors (Lipinski definition) is 1. The van der Waals surface area contributed by atoms with Gasteiger partial charge >= 0.3 is 0 Å². The van der Waals surface area contributed by atoms with E-state index in [1.165, 1.54) is 16.0 Å². The molecule has 0 aromatic heterocycles. The Morgan fingerprint density at radius 3 is 2.72 bits per heavy atom. The molecule has 3 heteroatoms. The van der Waals surface area contributed by atoms with E-state index in [1.54, 1.807) is 7.11 Å². The lowest BCUT2D eigenvalue weighted by Gasteiger charge is -2.11. The molecule has 1 rings (SSSR count). The monoisotopic (exact) mass is 267 g/mol. The van der Waals surface area contributed by atoms with E-state index in [4.69, 9.17) is 4.74 Å². The van der Waals surface area contributed by atoms with Gasteiger partial charge < -0.3 is 10.1 Å². The second-order valence-electron chi connectivity index (χ2n) is 4.95. The molecule has 0 radical (unpaired) electrons. The summed E-state index contributed by atoms with van der Waals surface area (Å²) in [6, 6.07) is 6.71. The smallest absolute Gasteiger partial charge is 0.0556 e. The topological polar surface area (TPSA) is 21.3 Å². The second-order valence-corrected chi connectivity index (χ2v) is 6.12. The predicted octanol–water partition coefficient (Wildman–Crippen LogP) is 3.48. The van der Waals surface area contributed by atoms with Crippen molar-refractivity contribution in [2.75, 3.05) is 26.0 Å². The summed E-state index contributed by atoms with van der Waals surface area (Å²) in [6.07, 6.45) is 0. The highest BCUT2D eigenvalue weighted by molar-refractivity contribution is 7.99. The van der Waals surface area contributed by atoms with Gasteiger partial charge in [0.1, 0.15) is 0 Å². The molecule has 1 aromatic rings. The van der Waals surface area contributed by atoms with Crippen LogP contribution in [0.3, 0.4) is 0 Å². The molecule has 1 N–H and O–H groups in total. The highest BCUT2D eigenvalue weighted by Gasteiger charge is 2.01. The van der Waals surface area contributed by atoms with Crippen molar-refractivity contribution in [1.82, 2.24) is 5.32 Å². The summed E-state index contributed by atoms with van der Waals surface area (Å²) >= 11 is 1.85. The molecule has 0 saturated carbocycles. The van der Waals surface area contributed by atoms with Gasteiger partial charge in [0.2, 0.25) is 0 Å². The zero-order valence-electron chi connectivity index (χ0n) is 12.0. The molecule has 0 spiro atoms. The first-order valence-corrected chi connectivity index (χ1v) is 7.54. The Bertz CT molecular complexity index is 352. The normalized spacial score (nSPS) is 11.2. The van der Waals surface area contributed by atoms with E-state index in [9.17, 15) is 0 Å². The van der Waals surface area contributed by atoms with Crippen LogP contribution in [0.2, 0.25) is 0 Å². The lowest BCUT2D eigenvalue weighted by atomic mass is 10.1. The zero-order chi connectivity index (χ0) is 13.4. The Morgan fingerprint density at radius 2 is 2.11 bits per heavy atom. The molecular formula is C15H25NOS. The van der Waals surface area contributed by atoms with Crippen molar-refractivity contribution < 1.29 is 4.74 Å². The first kappa shape index (κ1) is 15.5. The van der Waals surface area contributed by atoms with Gasteiger partial charge in [-0.15, -0.1) is 11.8 Å². The summed E-state index contributed by atoms with van der Waals surface area (Å²) in [5, 5.41) is 3.49. The molecule has 2 nitrogen and oxygen atoms in total. The van der Waals surface area contributed by atoms with Crippen molar-refractivity contribution in [2.24, 2.45) is 5.92 Å². The van der Waals surface area contributed by atoms with Crippen molar-refractivity contribution in [3.63, 3.8) is 0 Å². The number of aryl methyl sites for hydroxylation is 1. The molecule has 0 unspecified atom stereocenters.